The first-order valence-corrected chi connectivity index (χ1v) is 7.15. The molecule has 0 radical (unpaired) electrons. The zero-order chi connectivity index (χ0) is 12.5. The van der Waals surface area contributed by atoms with Gasteiger partial charge in [-0.05, 0) is 18.2 Å². The van der Waals surface area contributed by atoms with Gasteiger partial charge in [-0.2, -0.15) is 11.8 Å². The second kappa shape index (κ2) is 4.57. The highest BCUT2D eigenvalue weighted by molar-refractivity contribution is 7.99. The second-order valence-electron chi connectivity index (χ2n) is 4.41. The fraction of sp³-hybridized carbons (Fsp3) is 0.308. The molecule has 3 rings (SSSR count). The van der Waals surface area contributed by atoms with Gasteiger partial charge in [-0.3, -0.25) is 4.79 Å². The summed E-state index contributed by atoms with van der Waals surface area (Å²) in [4.78, 5) is 17.5. The lowest BCUT2D eigenvalue weighted by Gasteiger charge is -2.26. The Labute approximate surface area is 110 Å². The largest absolute Gasteiger partial charge is 0.399 e. The molecule has 5 heteroatoms. The Morgan fingerprint density at radius 1 is 1.33 bits per heavy atom. The number of thioether (sulfide) groups is 1. The van der Waals surface area contributed by atoms with Crippen LogP contribution in [0.1, 0.15) is 10.4 Å². The number of amides is 1. The predicted octanol–water partition coefficient (Wildman–Crippen LogP) is 1.94. The van der Waals surface area contributed by atoms with Crippen molar-refractivity contribution in [1.29, 1.82) is 0 Å². The zero-order valence-corrected chi connectivity index (χ0v) is 10.8. The number of nitrogens with two attached hydrogens (primary N) is 1. The summed E-state index contributed by atoms with van der Waals surface area (Å²) in [7, 11) is 0. The number of hydrogen-bond donors (Lipinski definition) is 2. The van der Waals surface area contributed by atoms with Gasteiger partial charge in [-0.15, -0.1) is 0 Å². The van der Waals surface area contributed by atoms with Crippen molar-refractivity contribution in [3.63, 3.8) is 0 Å². The molecule has 1 aliphatic heterocycles. The molecule has 1 saturated heterocycles. The summed E-state index contributed by atoms with van der Waals surface area (Å²) in [6, 6.07) is 5.61. The van der Waals surface area contributed by atoms with Gasteiger partial charge in [-0.25, -0.2) is 0 Å². The van der Waals surface area contributed by atoms with Gasteiger partial charge in [-0.1, -0.05) is 0 Å². The lowest BCUT2D eigenvalue weighted by molar-refractivity contribution is 0.0774. The number of nitrogens with zero attached hydrogens (tertiary/aromatic N) is 1. The van der Waals surface area contributed by atoms with Crippen LogP contribution in [-0.4, -0.2) is 40.4 Å². The highest BCUT2D eigenvalue weighted by atomic mass is 32.2. The maximum absolute atomic E-state index is 12.4. The van der Waals surface area contributed by atoms with Crippen LogP contribution >= 0.6 is 11.8 Å². The number of benzene rings is 1. The minimum atomic E-state index is 0.104. The number of aromatic nitrogens is 1. The number of H-pyrrole nitrogens is 1. The number of hydrogen-bond acceptors (Lipinski definition) is 3. The third-order valence-electron chi connectivity index (χ3n) is 3.23. The van der Waals surface area contributed by atoms with Crippen LogP contribution in [0.3, 0.4) is 0 Å². The molecule has 1 aliphatic rings. The SMILES string of the molecule is Nc1ccc2[nH]cc(C(=O)N3CCSCC3)c2c1. The van der Waals surface area contributed by atoms with E-state index in [2.05, 4.69) is 4.98 Å². The minimum absolute atomic E-state index is 0.104. The average molecular weight is 261 g/mol. The fourth-order valence-corrected chi connectivity index (χ4v) is 3.16. The lowest BCUT2D eigenvalue weighted by Crippen LogP contribution is -2.37. The number of nitrogen functional groups attached to an aromatic ring is 1. The Bertz CT molecular complexity index is 587. The summed E-state index contributed by atoms with van der Waals surface area (Å²) in [5.41, 5.74) is 8.16. The molecular formula is C13H15N3OS. The van der Waals surface area contributed by atoms with Crippen LogP contribution in [-0.2, 0) is 0 Å². The van der Waals surface area contributed by atoms with E-state index >= 15 is 0 Å². The molecule has 0 saturated carbocycles. The van der Waals surface area contributed by atoms with E-state index in [0.717, 1.165) is 41.1 Å². The Morgan fingerprint density at radius 2 is 2.11 bits per heavy atom. The number of fused-ring (bicyclic) bond motifs is 1. The van der Waals surface area contributed by atoms with Crippen LogP contribution in [0.25, 0.3) is 10.9 Å². The minimum Gasteiger partial charge on any atom is -0.399 e. The molecule has 4 nitrogen and oxygen atoms in total. The number of rotatable bonds is 1. The molecule has 0 aliphatic carbocycles. The Hall–Kier alpha value is -1.62. The Kier molecular flexibility index (Phi) is 2.91. The molecule has 0 unspecified atom stereocenters. The van der Waals surface area contributed by atoms with Crippen LogP contribution in [0.5, 0.6) is 0 Å². The Balaban J connectivity index is 1.98. The van der Waals surface area contributed by atoms with Gasteiger partial charge in [0.2, 0.25) is 0 Å². The topological polar surface area (TPSA) is 62.1 Å². The maximum Gasteiger partial charge on any atom is 0.256 e. The molecule has 1 fully saturated rings. The van der Waals surface area contributed by atoms with Gasteiger partial charge >= 0.3 is 0 Å². The fourth-order valence-electron chi connectivity index (χ4n) is 2.25. The molecule has 1 aromatic heterocycles. The first-order chi connectivity index (χ1) is 8.75. The van der Waals surface area contributed by atoms with Crippen molar-refractivity contribution in [3.05, 3.63) is 30.0 Å². The number of carbonyl (C=O) groups is 1. The Morgan fingerprint density at radius 3 is 2.89 bits per heavy atom. The third kappa shape index (κ3) is 1.95. The van der Waals surface area contributed by atoms with E-state index < -0.39 is 0 Å². The standard InChI is InChI=1S/C13H15N3OS/c14-9-1-2-12-10(7-9)11(8-15-12)13(17)16-3-5-18-6-4-16/h1-2,7-8,15H,3-6,14H2. The molecule has 0 atom stereocenters. The van der Waals surface area contributed by atoms with E-state index in [-0.39, 0.29) is 5.91 Å². The van der Waals surface area contributed by atoms with Crippen molar-refractivity contribution in [2.45, 2.75) is 0 Å². The predicted molar refractivity (Wildman–Crippen MR) is 75.9 cm³/mol. The van der Waals surface area contributed by atoms with Gasteiger partial charge in [0.1, 0.15) is 0 Å². The van der Waals surface area contributed by atoms with Crippen molar-refractivity contribution in [2.24, 2.45) is 0 Å². The summed E-state index contributed by atoms with van der Waals surface area (Å²) in [5.74, 6) is 2.15. The summed E-state index contributed by atoms with van der Waals surface area (Å²) in [6.07, 6.45) is 1.79. The second-order valence-corrected chi connectivity index (χ2v) is 5.64. The molecule has 94 valence electrons. The van der Waals surface area contributed by atoms with Crippen molar-refractivity contribution >= 4 is 34.3 Å². The summed E-state index contributed by atoms with van der Waals surface area (Å²) < 4.78 is 0. The van der Waals surface area contributed by atoms with Crippen molar-refractivity contribution < 1.29 is 4.79 Å². The van der Waals surface area contributed by atoms with Crippen LogP contribution in [0.15, 0.2) is 24.4 Å². The van der Waals surface area contributed by atoms with E-state index in [1.165, 1.54) is 0 Å². The smallest absolute Gasteiger partial charge is 0.256 e. The van der Waals surface area contributed by atoms with Gasteiger partial charge in [0.05, 0.1) is 5.56 Å². The molecule has 2 aromatic rings. The summed E-state index contributed by atoms with van der Waals surface area (Å²) >= 11 is 1.90. The molecular weight excluding hydrogens is 246 g/mol. The van der Waals surface area contributed by atoms with E-state index in [1.807, 2.05) is 34.9 Å². The normalized spacial score (nSPS) is 16.1. The first kappa shape index (κ1) is 11.5. The van der Waals surface area contributed by atoms with Crippen molar-refractivity contribution in [1.82, 2.24) is 9.88 Å². The monoisotopic (exact) mass is 261 g/mol. The summed E-state index contributed by atoms with van der Waals surface area (Å²) in [5, 5.41) is 0.915. The number of anilines is 1. The van der Waals surface area contributed by atoms with Crippen molar-refractivity contribution in [2.75, 3.05) is 30.3 Å². The summed E-state index contributed by atoms with van der Waals surface area (Å²) in [6.45, 7) is 1.66. The van der Waals surface area contributed by atoms with Crippen LogP contribution in [0, 0.1) is 0 Å². The number of nitrogens with one attached hydrogen (secondary N) is 1. The highest BCUT2D eigenvalue weighted by Gasteiger charge is 2.21. The quantitative estimate of drug-likeness (QED) is 0.771. The van der Waals surface area contributed by atoms with Gasteiger partial charge in [0, 0.05) is 47.4 Å². The van der Waals surface area contributed by atoms with E-state index in [1.54, 1.807) is 6.20 Å². The molecule has 1 aromatic carbocycles. The van der Waals surface area contributed by atoms with Crippen LogP contribution in [0.4, 0.5) is 5.69 Å². The molecule has 1 amide bonds. The lowest BCUT2D eigenvalue weighted by atomic mass is 10.1. The van der Waals surface area contributed by atoms with Crippen LogP contribution < -0.4 is 5.73 Å². The maximum atomic E-state index is 12.4. The van der Waals surface area contributed by atoms with Gasteiger partial charge < -0.3 is 15.6 Å². The zero-order valence-electron chi connectivity index (χ0n) is 9.98. The third-order valence-corrected chi connectivity index (χ3v) is 4.18. The van der Waals surface area contributed by atoms with E-state index in [0.29, 0.717) is 5.69 Å². The molecule has 18 heavy (non-hydrogen) atoms. The van der Waals surface area contributed by atoms with Crippen LogP contribution in [0.2, 0.25) is 0 Å². The van der Waals surface area contributed by atoms with Gasteiger partial charge in [0.15, 0.2) is 0 Å². The van der Waals surface area contributed by atoms with Gasteiger partial charge in [0.25, 0.3) is 5.91 Å². The van der Waals surface area contributed by atoms with Crippen molar-refractivity contribution in [3.8, 4) is 0 Å². The number of carbonyl (C=O) groups excluding carboxylic acids is 1. The highest BCUT2D eigenvalue weighted by Crippen LogP contribution is 2.23. The average Bonchev–Trinajstić information content (AvgIpc) is 2.82. The molecule has 2 heterocycles. The number of aromatic amines is 1. The van der Waals surface area contributed by atoms with E-state index in [4.69, 9.17) is 5.73 Å². The molecule has 3 N–H and O–H groups in total. The van der Waals surface area contributed by atoms with E-state index in [9.17, 15) is 4.79 Å². The first-order valence-electron chi connectivity index (χ1n) is 5.99. The molecule has 0 spiro atoms. The molecule has 0 bridgehead atoms.